The molecule has 0 aliphatic carbocycles. The summed E-state index contributed by atoms with van der Waals surface area (Å²) in [4.78, 5) is 34.5. The molecule has 2 aromatic heterocycles. The van der Waals surface area contributed by atoms with E-state index in [-0.39, 0.29) is 29.0 Å². The Labute approximate surface area is 196 Å². The van der Waals surface area contributed by atoms with E-state index in [9.17, 15) is 19.8 Å². The number of phenolic OH excluding ortho intramolecular Hbond substituents is 1. The van der Waals surface area contributed by atoms with E-state index in [1.807, 2.05) is 0 Å². The van der Waals surface area contributed by atoms with Crippen LogP contribution in [0.25, 0.3) is 11.0 Å². The number of phenols is 1. The zero-order valence-corrected chi connectivity index (χ0v) is 18.9. The van der Waals surface area contributed by atoms with Gasteiger partial charge in [0.15, 0.2) is 0 Å². The summed E-state index contributed by atoms with van der Waals surface area (Å²) in [5, 5.41) is 20.3. The smallest absolute Gasteiger partial charge is 0.306 e. The topological polar surface area (TPSA) is 115 Å². The fourth-order valence-electron chi connectivity index (χ4n) is 4.11. The molecule has 0 amide bonds. The summed E-state index contributed by atoms with van der Waals surface area (Å²) in [6.07, 6.45) is 3.60. The molecule has 0 radical (unpaired) electrons. The summed E-state index contributed by atoms with van der Waals surface area (Å²) in [6.45, 7) is 2.12. The maximum atomic E-state index is 13.6. The molecule has 0 aliphatic rings. The number of nitrogens with zero attached hydrogens (tertiary/aromatic N) is 3. The first-order chi connectivity index (χ1) is 16.4. The molecule has 0 bridgehead atoms. The maximum Gasteiger partial charge on any atom is 0.306 e. The lowest BCUT2D eigenvalue weighted by Gasteiger charge is -2.21. The van der Waals surface area contributed by atoms with Gasteiger partial charge in [-0.2, -0.15) is 0 Å². The fraction of sp³-hybridized carbons (Fsp3) is 0.231. The highest BCUT2D eigenvalue weighted by Gasteiger charge is 2.27. The van der Waals surface area contributed by atoms with Crippen molar-refractivity contribution in [3.63, 3.8) is 0 Å². The highest BCUT2D eigenvalue weighted by Crippen LogP contribution is 2.33. The van der Waals surface area contributed by atoms with E-state index in [0.717, 1.165) is 5.56 Å². The molecule has 8 heteroatoms. The van der Waals surface area contributed by atoms with Crippen LogP contribution in [0.2, 0.25) is 0 Å². The second-order valence-electron chi connectivity index (χ2n) is 8.10. The Kier molecular flexibility index (Phi) is 6.58. The third-order valence-corrected chi connectivity index (χ3v) is 5.93. The first kappa shape index (κ1) is 23.0. The summed E-state index contributed by atoms with van der Waals surface area (Å²) >= 11 is 0. The number of aromatic nitrogens is 3. The number of methoxy groups -OCH3 is 1. The number of aromatic hydroxyl groups is 2. The molecule has 1 atom stereocenters. The van der Waals surface area contributed by atoms with Gasteiger partial charge in [-0.15, -0.1) is 0 Å². The van der Waals surface area contributed by atoms with E-state index < -0.39 is 11.9 Å². The van der Waals surface area contributed by atoms with Gasteiger partial charge in [-0.3, -0.25) is 19.6 Å². The molecule has 0 saturated carbocycles. The number of carbonyl (C=O) groups excluding carboxylic acids is 1. The van der Waals surface area contributed by atoms with Crippen LogP contribution in [0.1, 0.15) is 34.7 Å². The van der Waals surface area contributed by atoms with Crippen molar-refractivity contribution in [1.82, 2.24) is 14.5 Å². The number of hydrogen-bond donors (Lipinski definition) is 2. The van der Waals surface area contributed by atoms with Crippen LogP contribution in [-0.2, 0) is 22.5 Å². The van der Waals surface area contributed by atoms with E-state index in [1.165, 1.54) is 7.11 Å². The number of rotatable bonds is 7. The monoisotopic (exact) mass is 459 g/mol. The zero-order valence-electron chi connectivity index (χ0n) is 18.9. The molecule has 0 fully saturated rings. The van der Waals surface area contributed by atoms with Crippen molar-refractivity contribution in [1.29, 1.82) is 0 Å². The number of ether oxygens (including phenoxy) is 1. The predicted molar refractivity (Wildman–Crippen MR) is 127 cm³/mol. The van der Waals surface area contributed by atoms with E-state index in [4.69, 9.17) is 4.74 Å². The van der Waals surface area contributed by atoms with Gasteiger partial charge in [0, 0.05) is 30.6 Å². The predicted octanol–water partition coefficient (Wildman–Crippen LogP) is 3.45. The molecule has 0 aliphatic heterocycles. The van der Waals surface area contributed by atoms with Crippen LogP contribution in [-0.4, -0.2) is 37.8 Å². The molecule has 174 valence electrons. The number of pyridine rings is 1. The number of hydrogen-bond acceptors (Lipinski definition) is 7. The normalized spacial score (nSPS) is 11.9. The lowest BCUT2D eigenvalue weighted by Crippen LogP contribution is -2.29. The number of fused-ring (bicyclic) bond motifs is 1. The van der Waals surface area contributed by atoms with Crippen molar-refractivity contribution in [2.75, 3.05) is 7.11 Å². The molecule has 2 heterocycles. The van der Waals surface area contributed by atoms with Gasteiger partial charge >= 0.3 is 5.97 Å². The van der Waals surface area contributed by atoms with Crippen molar-refractivity contribution < 1.29 is 19.7 Å². The van der Waals surface area contributed by atoms with Crippen LogP contribution in [0.5, 0.6) is 11.5 Å². The molecule has 2 aromatic carbocycles. The summed E-state index contributed by atoms with van der Waals surface area (Å²) in [6, 6.07) is 13.7. The van der Waals surface area contributed by atoms with Gasteiger partial charge < -0.3 is 19.5 Å². The molecule has 2 N–H and O–H groups in total. The molecule has 0 saturated heterocycles. The van der Waals surface area contributed by atoms with Crippen molar-refractivity contribution in [3.8, 4) is 11.5 Å². The Bertz CT molecular complexity index is 1400. The summed E-state index contributed by atoms with van der Waals surface area (Å²) in [5.41, 5.74) is 3.27. The first-order valence-corrected chi connectivity index (χ1v) is 10.9. The molecule has 0 unspecified atom stereocenters. The van der Waals surface area contributed by atoms with Crippen molar-refractivity contribution in [3.05, 3.63) is 93.7 Å². The Hall–Kier alpha value is -4.20. The largest absolute Gasteiger partial charge is 0.508 e. The highest BCUT2D eigenvalue weighted by molar-refractivity contribution is 5.76. The number of esters is 1. The minimum atomic E-state index is -0.730. The molecule has 34 heavy (non-hydrogen) atoms. The average molecular weight is 460 g/mol. The maximum absolute atomic E-state index is 13.6. The Morgan fingerprint density at radius 1 is 1.03 bits per heavy atom. The molecule has 0 spiro atoms. The lowest BCUT2D eigenvalue weighted by atomic mass is 9.88. The average Bonchev–Trinajstić information content (AvgIpc) is 2.83. The van der Waals surface area contributed by atoms with Gasteiger partial charge in [0.25, 0.3) is 5.56 Å². The third-order valence-electron chi connectivity index (χ3n) is 5.93. The Balaban J connectivity index is 1.78. The SMILES string of the molecule is COC(=O)C[C@@H](c1ccc2nccnc2c1)c1c(O)cc(C)n(CCc2ccc(O)cc2)c1=O. The van der Waals surface area contributed by atoms with Gasteiger partial charge in [-0.25, -0.2) is 0 Å². The standard InChI is InChI=1S/C26H25N3O5/c1-16-13-23(31)25(26(33)29(16)12-9-17-3-6-19(30)7-4-17)20(15-24(32)34-2)18-5-8-21-22(14-18)28-11-10-27-21/h3-8,10-11,13-14,20,30-31H,9,12,15H2,1-2H3/t20-/m0/s1. The van der Waals surface area contributed by atoms with Crippen LogP contribution >= 0.6 is 0 Å². The minimum absolute atomic E-state index is 0.119. The van der Waals surface area contributed by atoms with Crippen LogP contribution < -0.4 is 5.56 Å². The highest BCUT2D eigenvalue weighted by atomic mass is 16.5. The van der Waals surface area contributed by atoms with E-state index in [2.05, 4.69) is 9.97 Å². The van der Waals surface area contributed by atoms with Crippen molar-refractivity contribution in [2.24, 2.45) is 0 Å². The van der Waals surface area contributed by atoms with Crippen LogP contribution in [0.15, 0.2) is 65.7 Å². The number of benzene rings is 2. The molecule has 8 nitrogen and oxygen atoms in total. The minimum Gasteiger partial charge on any atom is -0.508 e. The van der Waals surface area contributed by atoms with Gasteiger partial charge in [-0.05, 0) is 54.8 Å². The molecule has 4 aromatic rings. The van der Waals surface area contributed by atoms with Gasteiger partial charge in [0.2, 0.25) is 0 Å². The van der Waals surface area contributed by atoms with Crippen LogP contribution in [0.3, 0.4) is 0 Å². The molecular formula is C26H25N3O5. The van der Waals surface area contributed by atoms with Gasteiger partial charge in [0.05, 0.1) is 30.1 Å². The Morgan fingerprint density at radius 3 is 2.44 bits per heavy atom. The molecular weight excluding hydrogens is 434 g/mol. The number of carbonyl (C=O) groups is 1. The second kappa shape index (κ2) is 9.74. The quantitative estimate of drug-likeness (QED) is 0.407. The Morgan fingerprint density at radius 2 is 1.74 bits per heavy atom. The summed E-state index contributed by atoms with van der Waals surface area (Å²) in [7, 11) is 1.29. The zero-order chi connectivity index (χ0) is 24.2. The van der Waals surface area contributed by atoms with E-state index >= 15 is 0 Å². The van der Waals surface area contributed by atoms with Gasteiger partial charge in [0.1, 0.15) is 11.5 Å². The first-order valence-electron chi connectivity index (χ1n) is 10.9. The number of aryl methyl sites for hydroxylation is 2. The fourth-order valence-corrected chi connectivity index (χ4v) is 4.11. The van der Waals surface area contributed by atoms with Crippen molar-refractivity contribution >= 4 is 17.0 Å². The summed E-state index contributed by atoms with van der Waals surface area (Å²) < 4.78 is 6.47. The second-order valence-corrected chi connectivity index (χ2v) is 8.10. The lowest BCUT2D eigenvalue weighted by molar-refractivity contribution is -0.140. The van der Waals surface area contributed by atoms with Gasteiger partial charge in [-0.1, -0.05) is 18.2 Å². The van der Waals surface area contributed by atoms with E-state index in [0.29, 0.717) is 35.3 Å². The summed E-state index contributed by atoms with van der Waals surface area (Å²) in [5.74, 6) is -1.22. The van der Waals surface area contributed by atoms with Crippen molar-refractivity contribution in [2.45, 2.75) is 32.2 Å². The third kappa shape index (κ3) is 4.76. The van der Waals surface area contributed by atoms with E-state index in [1.54, 1.807) is 72.4 Å². The molecule has 4 rings (SSSR count). The van der Waals surface area contributed by atoms with Crippen LogP contribution in [0, 0.1) is 6.92 Å². The van der Waals surface area contributed by atoms with Crippen LogP contribution in [0.4, 0.5) is 0 Å².